The van der Waals surface area contributed by atoms with Crippen LogP contribution in [0.3, 0.4) is 0 Å². The Balaban J connectivity index is 2.42. The zero-order valence-electron chi connectivity index (χ0n) is 6.33. The molecule has 0 bridgehead atoms. The van der Waals surface area contributed by atoms with Gasteiger partial charge in [0.05, 0.1) is 17.1 Å². The Bertz CT molecular complexity index is 302. The first kappa shape index (κ1) is 6.28. The summed E-state index contributed by atoms with van der Waals surface area (Å²) in [6, 6.07) is 8.00. The molecule has 55 valence electrons. The van der Waals surface area contributed by atoms with Crippen molar-refractivity contribution in [3.8, 4) is 0 Å². The zero-order valence-corrected chi connectivity index (χ0v) is 6.33. The van der Waals surface area contributed by atoms with Crippen LogP contribution in [-0.2, 0) is 0 Å². The fourth-order valence-electron chi connectivity index (χ4n) is 1.10. The predicted octanol–water partition coefficient (Wildman–Crippen LogP) is 2.21. The smallest absolute Gasteiger partial charge is 0.0868 e. The normalized spacial score (nSPS) is 14.1. The van der Waals surface area contributed by atoms with E-state index in [1.54, 1.807) is 0 Å². The summed E-state index contributed by atoms with van der Waals surface area (Å²) in [5.74, 6) is 0. The number of hydrogen-bond acceptors (Lipinski definition) is 1. The Kier molecular flexibility index (Phi) is 1.32. The fourth-order valence-corrected chi connectivity index (χ4v) is 1.10. The number of benzene rings is 1. The van der Waals surface area contributed by atoms with Crippen LogP contribution in [0.1, 0.15) is 6.92 Å². The summed E-state index contributed by atoms with van der Waals surface area (Å²) in [5.41, 5.74) is 3.12. The lowest BCUT2D eigenvalue weighted by Crippen LogP contribution is -2.06. The number of hydrogen-bond donors (Lipinski definition) is 1. The average Bonchev–Trinajstić information content (AvgIpc) is 2.04. The largest absolute Gasteiger partial charge is 0.358 e. The maximum atomic E-state index is 4.34. The quantitative estimate of drug-likeness (QED) is 0.595. The number of nitrogens with one attached hydrogen (secondary N) is 1. The van der Waals surface area contributed by atoms with Crippen molar-refractivity contribution in [3.63, 3.8) is 0 Å². The van der Waals surface area contributed by atoms with Gasteiger partial charge in [0, 0.05) is 6.20 Å². The summed E-state index contributed by atoms with van der Waals surface area (Å²) in [6.45, 7) is 1.98. The van der Waals surface area contributed by atoms with Gasteiger partial charge in [-0.2, -0.15) is 0 Å². The van der Waals surface area contributed by atoms with E-state index in [0.29, 0.717) is 0 Å². The lowest BCUT2D eigenvalue weighted by atomic mass is 10.2. The van der Waals surface area contributed by atoms with Gasteiger partial charge < -0.3 is 5.32 Å². The van der Waals surface area contributed by atoms with Crippen molar-refractivity contribution in [2.45, 2.75) is 6.92 Å². The number of nitrogens with zero attached hydrogens (tertiary/aromatic N) is 1. The Morgan fingerprint density at radius 2 is 2.09 bits per heavy atom. The first-order valence-electron chi connectivity index (χ1n) is 3.60. The Hall–Kier alpha value is -1.44. The van der Waals surface area contributed by atoms with E-state index in [4.69, 9.17) is 0 Å². The summed E-state index contributed by atoms with van der Waals surface area (Å²) >= 11 is 0. The van der Waals surface area contributed by atoms with Crippen LogP contribution in [0, 0.1) is 0 Å². The summed E-state index contributed by atoms with van der Waals surface area (Å²) in [5, 5.41) is 7.50. The second-order valence-electron chi connectivity index (χ2n) is 2.56. The molecule has 1 N–H and O–H groups in total. The van der Waals surface area contributed by atoms with Crippen molar-refractivity contribution in [2.75, 3.05) is 5.32 Å². The summed E-state index contributed by atoms with van der Waals surface area (Å²) < 4.78 is 0. The molecule has 0 saturated heterocycles. The van der Waals surface area contributed by atoms with E-state index in [1.165, 1.54) is 0 Å². The molecule has 2 rings (SSSR count). The molecule has 1 radical (unpaired) electrons. The zero-order chi connectivity index (χ0) is 7.68. The minimum Gasteiger partial charge on any atom is -0.358 e. The van der Waals surface area contributed by atoms with Crippen molar-refractivity contribution in [1.82, 2.24) is 5.32 Å². The first-order valence-corrected chi connectivity index (χ1v) is 3.60. The number of rotatable bonds is 0. The fraction of sp³-hybridized carbons (Fsp3) is 0.111. The molecule has 1 aliphatic rings. The predicted molar refractivity (Wildman–Crippen MR) is 45.6 cm³/mol. The molecule has 2 heteroatoms. The van der Waals surface area contributed by atoms with Gasteiger partial charge in [0.2, 0.25) is 0 Å². The highest BCUT2D eigenvalue weighted by molar-refractivity contribution is 5.68. The second kappa shape index (κ2) is 2.31. The maximum Gasteiger partial charge on any atom is 0.0868 e. The van der Waals surface area contributed by atoms with Crippen LogP contribution in [0.4, 0.5) is 11.4 Å². The lowest BCUT2D eigenvalue weighted by Gasteiger charge is -2.14. The molecule has 0 aromatic heterocycles. The van der Waals surface area contributed by atoms with Crippen molar-refractivity contribution < 1.29 is 0 Å². The molecule has 2 nitrogen and oxygen atoms in total. The van der Waals surface area contributed by atoms with Crippen LogP contribution in [0.2, 0.25) is 0 Å². The topological polar surface area (TPSA) is 26.1 Å². The molecule has 0 spiro atoms. The van der Waals surface area contributed by atoms with Gasteiger partial charge in [0.1, 0.15) is 0 Å². The maximum absolute atomic E-state index is 4.34. The van der Waals surface area contributed by atoms with Crippen molar-refractivity contribution in [1.29, 1.82) is 0 Å². The molecule has 0 atom stereocenters. The van der Waals surface area contributed by atoms with Crippen LogP contribution in [0.15, 0.2) is 36.2 Å². The average molecular weight is 145 g/mol. The Morgan fingerprint density at radius 3 is 3.00 bits per heavy atom. The Morgan fingerprint density at radius 1 is 1.27 bits per heavy atom. The van der Waals surface area contributed by atoms with E-state index in [9.17, 15) is 0 Å². The van der Waals surface area contributed by atoms with Crippen LogP contribution in [-0.4, -0.2) is 0 Å². The van der Waals surface area contributed by atoms with Crippen LogP contribution < -0.4 is 10.6 Å². The molecular weight excluding hydrogens is 136 g/mol. The van der Waals surface area contributed by atoms with E-state index in [1.807, 2.05) is 37.4 Å². The molecule has 1 heterocycles. The molecule has 1 aromatic rings. The van der Waals surface area contributed by atoms with E-state index >= 15 is 0 Å². The van der Waals surface area contributed by atoms with E-state index in [-0.39, 0.29) is 0 Å². The lowest BCUT2D eigenvalue weighted by molar-refractivity contribution is 1.02. The molecular formula is C9H9N2. The standard InChI is InChI=1S/C9H9N2/c1-7-6-10-8-4-2-3-5-9(8)11-7/h2-6,10H,1H3. The third-order valence-corrected chi connectivity index (χ3v) is 1.64. The summed E-state index contributed by atoms with van der Waals surface area (Å²) in [6.07, 6.45) is 1.91. The van der Waals surface area contributed by atoms with Crippen molar-refractivity contribution in [3.05, 3.63) is 36.2 Å². The van der Waals surface area contributed by atoms with Crippen LogP contribution >= 0.6 is 0 Å². The van der Waals surface area contributed by atoms with Gasteiger partial charge >= 0.3 is 0 Å². The molecule has 0 aliphatic carbocycles. The number of anilines is 1. The molecule has 0 amide bonds. The first-order chi connectivity index (χ1) is 5.36. The third kappa shape index (κ3) is 1.07. The molecule has 1 aromatic carbocycles. The minimum absolute atomic E-state index is 1.02. The molecule has 1 aliphatic heterocycles. The molecule has 0 unspecified atom stereocenters. The highest BCUT2D eigenvalue weighted by Gasteiger charge is 2.05. The third-order valence-electron chi connectivity index (χ3n) is 1.64. The highest BCUT2D eigenvalue weighted by Crippen LogP contribution is 2.25. The monoisotopic (exact) mass is 145 g/mol. The Labute approximate surface area is 65.9 Å². The van der Waals surface area contributed by atoms with Gasteiger partial charge in [-0.25, -0.2) is 0 Å². The van der Waals surface area contributed by atoms with Gasteiger partial charge in [-0.05, 0) is 19.1 Å². The van der Waals surface area contributed by atoms with Gasteiger partial charge in [-0.3, -0.25) is 5.32 Å². The summed E-state index contributed by atoms with van der Waals surface area (Å²) in [4.78, 5) is 0. The molecule has 0 saturated carbocycles. The van der Waals surface area contributed by atoms with Gasteiger partial charge in [-0.1, -0.05) is 12.1 Å². The van der Waals surface area contributed by atoms with Gasteiger partial charge in [0.15, 0.2) is 0 Å². The minimum atomic E-state index is 1.02. The second-order valence-corrected chi connectivity index (χ2v) is 2.56. The molecule has 11 heavy (non-hydrogen) atoms. The summed E-state index contributed by atoms with van der Waals surface area (Å²) in [7, 11) is 0. The van der Waals surface area contributed by atoms with E-state index < -0.39 is 0 Å². The van der Waals surface area contributed by atoms with Crippen molar-refractivity contribution in [2.24, 2.45) is 0 Å². The molecule has 0 fully saturated rings. The van der Waals surface area contributed by atoms with E-state index in [0.717, 1.165) is 17.1 Å². The number of allylic oxidation sites excluding steroid dienone is 1. The number of para-hydroxylation sites is 2. The SMILES string of the molecule is CC1=CNc2ccccc2[N]1. The van der Waals surface area contributed by atoms with E-state index in [2.05, 4.69) is 10.6 Å². The van der Waals surface area contributed by atoms with Gasteiger partial charge in [-0.15, -0.1) is 0 Å². The highest BCUT2D eigenvalue weighted by atomic mass is 15.0. The van der Waals surface area contributed by atoms with Crippen LogP contribution in [0.25, 0.3) is 0 Å². The van der Waals surface area contributed by atoms with Crippen molar-refractivity contribution >= 4 is 11.4 Å². The number of fused-ring (bicyclic) bond motifs is 1. The van der Waals surface area contributed by atoms with Crippen LogP contribution in [0.5, 0.6) is 0 Å². The van der Waals surface area contributed by atoms with Gasteiger partial charge in [0.25, 0.3) is 0 Å².